The summed E-state index contributed by atoms with van der Waals surface area (Å²) in [6, 6.07) is 21.8. The molecule has 3 aromatic rings. The van der Waals surface area contributed by atoms with Gasteiger partial charge in [0.1, 0.15) is 11.5 Å². The Labute approximate surface area is 278 Å². The second-order valence-electron chi connectivity index (χ2n) is 13.7. The molecule has 1 unspecified atom stereocenters. The number of carbonyl (C=O) groups excluding carboxylic acids is 2. The molecule has 3 N–H and O–H groups in total. The number of nitrogens with one attached hydrogen (secondary N) is 2. The van der Waals surface area contributed by atoms with Crippen molar-refractivity contribution >= 4 is 36.4 Å². The van der Waals surface area contributed by atoms with Crippen LogP contribution in [0.1, 0.15) is 37.3 Å². The molecule has 2 saturated heterocycles. The van der Waals surface area contributed by atoms with Gasteiger partial charge in [0.05, 0.1) is 46.5 Å². The van der Waals surface area contributed by atoms with Gasteiger partial charge in [-0.15, -0.1) is 0 Å². The van der Waals surface area contributed by atoms with E-state index in [1.165, 1.54) is 5.19 Å². The summed E-state index contributed by atoms with van der Waals surface area (Å²) in [5.41, 5.74) is 2.02. The summed E-state index contributed by atoms with van der Waals surface area (Å²) in [5, 5.41) is 17.8. The number of aliphatic hydroxyl groups is 1. The molecule has 0 saturated carbocycles. The summed E-state index contributed by atoms with van der Waals surface area (Å²) in [7, 11) is 1.01. The molecule has 1 spiro atoms. The summed E-state index contributed by atoms with van der Waals surface area (Å²) < 4.78 is 18.1. The fourth-order valence-electron chi connectivity index (χ4n) is 8.22. The zero-order valence-corrected chi connectivity index (χ0v) is 29.0. The summed E-state index contributed by atoms with van der Waals surface area (Å²) in [5.74, 6) is 1.13. The van der Waals surface area contributed by atoms with E-state index in [4.69, 9.17) is 14.2 Å². The molecule has 0 radical (unpaired) electrons. The quantitative estimate of drug-likeness (QED) is 0.269. The predicted molar refractivity (Wildman–Crippen MR) is 186 cm³/mol. The summed E-state index contributed by atoms with van der Waals surface area (Å²) >= 11 is 0. The molecular weight excluding hydrogens is 611 g/mol. The minimum Gasteiger partial charge on any atom is -0.497 e. The molecule has 250 valence electrons. The molecule has 0 bridgehead atoms. The zero-order valence-electron chi connectivity index (χ0n) is 28.0. The Bertz CT molecular complexity index is 1610. The topological polar surface area (TPSA) is 109 Å². The zero-order chi connectivity index (χ0) is 33.3. The number of rotatable bonds is 10. The number of piperidine rings is 1. The van der Waals surface area contributed by atoms with Gasteiger partial charge in [-0.25, -0.2) is 0 Å². The number of benzene rings is 3. The van der Waals surface area contributed by atoms with Crippen molar-refractivity contribution < 1.29 is 28.9 Å². The third kappa shape index (κ3) is 5.97. The highest BCUT2D eigenvalue weighted by Crippen LogP contribution is 2.60. The van der Waals surface area contributed by atoms with Crippen molar-refractivity contribution in [1.82, 2.24) is 5.32 Å². The highest BCUT2D eigenvalue weighted by molar-refractivity contribution is 6.91. The molecule has 47 heavy (non-hydrogen) atoms. The highest BCUT2D eigenvalue weighted by Gasteiger charge is 2.66. The normalized spacial score (nSPS) is 25.6. The lowest BCUT2D eigenvalue weighted by molar-refractivity contribution is -0.146. The third-order valence-electron chi connectivity index (χ3n) is 10.7. The number of carbonyl (C=O) groups is 2. The van der Waals surface area contributed by atoms with Crippen LogP contribution in [0.15, 0.2) is 66.7 Å². The Balaban J connectivity index is 1.34. The molecule has 3 aliphatic heterocycles. The van der Waals surface area contributed by atoms with Gasteiger partial charge in [0.15, 0.2) is 5.60 Å². The second kappa shape index (κ2) is 13.4. The fourth-order valence-corrected chi connectivity index (χ4v) is 12.3. The number of methoxy groups -OCH3 is 2. The second-order valence-corrected chi connectivity index (χ2v) is 18.4. The Morgan fingerprint density at radius 3 is 2.51 bits per heavy atom. The molecule has 3 heterocycles. The van der Waals surface area contributed by atoms with Gasteiger partial charge in [-0.05, 0) is 79.4 Å². The molecule has 6 rings (SSSR count). The van der Waals surface area contributed by atoms with Crippen LogP contribution >= 0.6 is 0 Å². The first-order valence-corrected chi connectivity index (χ1v) is 19.8. The smallest absolute Gasteiger partial charge is 0.264 e. The Morgan fingerprint density at radius 1 is 1.09 bits per heavy atom. The number of anilines is 2. The van der Waals surface area contributed by atoms with Gasteiger partial charge in [0.2, 0.25) is 5.91 Å². The van der Waals surface area contributed by atoms with Crippen molar-refractivity contribution in [3.8, 4) is 11.5 Å². The summed E-state index contributed by atoms with van der Waals surface area (Å²) in [4.78, 5) is 29.7. The molecule has 2 amide bonds. The average molecular weight is 658 g/mol. The number of fused-ring (bicyclic) bond motifs is 2. The molecule has 10 heteroatoms. The van der Waals surface area contributed by atoms with Gasteiger partial charge in [0.25, 0.3) is 5.91 Å². The van der Waals surface area contributed by atoms with Gasteiger partial charge < -0.3 is 34.9 Å². The van der Waals surface area contributed by atoms with Crippen LogP contribution < -0.4 is 30.2 Å². The third-order valence-corrected chi connectivity index (χ3v) is 15.0. The monoisotopic (exact) mass is 657 g/mol. The lowest BCUT2D eigenvalue weighted by Crippen LogP contribution is -2.51. The van der Waals surface area contributed by atoms with Crippen LogP contribution in [0.2, 0.25) is 18.6 Å². The Kier molecular flexibility index (Phi) is 9.49. The van der Waals surface area contributed by atoms with Crippen LogP contribution in [-0.2, 0) is 26.5 Å². The Hall–Kier alpha value is -3.70. The van der Waals surface area contributed by atoms with E-state index in [0.717, 1.165) is 47.6 Å². The first-order chi connectivity index (χ1) is 22.6. The van der Waals surface area contributed by atoms with Crippen LogP contribution in [0.25, 0.3) is 0 Å². The van der Waals surface area contributed by atoms with Crippen molar-refractivity contribution in [2.45, 2.75) is 63.1 Å². The molecular formula is C37H47N3O6Si. The maximum absolute atomic E-state index is 14.9. The van der Waals surface area contributed by atoms with Gasteiger partial charge in [-0.2, -0.15) is 0 Å². The maximum atomic E-state index is 14.9. The lowest BCUT2D eigenvalue weighted by Gasteiger charge is -2.37. The molecule has 3 aromatic carbocycles. The maximum Gasteiger partial charge on any atom is 0.264 e. The number of aliphatic hydroxyl groups excluding tert-OH is 1. The Morgan fingerprint density at radius 2 is 1.83 bits per heavy atom. The summed E-state index contributed by atoms with van der Waals surface area (Å²) in [6.07, 6.45) is 1.99. The molecule has 0 aromatic heterocycles. The molecule has 9 nitrogen and oxygen atoms in total. The largest absolute Gasteiger partial charge is 0.497 e. The van der Waals surface area contributed by atoms with Gasteiger partial charge in [-0.3, -0.25) is 9.59 Å². The van der Waals surface area contributed by atoms with E-state index in [2.05, 4.69) is 42.8 Å². The number of ether oxygens (including phenoxy) is 3. The van der Waals surface area contributed by atoms with Gasteiger partial charge in [-0.1, -0.05) is 49.5 Å². The molecule has 3 aliphatic rings. The van der Waals surface area contributed by atoms with E-state index in [-0.39, 0.29) is 41.9 Å². The first-order valence-electron chi connectivity index (χ1n) is 16.7. The van der Waals surface area contributed by atoms with E-state index in [1.54, 1.807) is 14.2 Å². The molecule has 0 aliphatic carbocycles. The highest BCUT2D eigenvalue weighted by atomic mass is 28.3. The number of amides is 2. The van der Waals surface area contributed by atoms with Crippen molar-refractivity contribution in [3.63, 3.8) is 0 Å². The van der Waals surface area contributed by atoms with E-state index < -0.39 is 13.7 Å². The van der Waals surface area contributed by atoms with Crippen LogP contribution in [0.3, 0.4) is 0 Å². The fraction of sp³-hybridized carbons (Fsp3) is 0.459. The standard InChI is InChI=1S/C37H47N3O6Si/c1-24-34(47(4,5)30-14-11-28(44-2)12-15-30)33(17-19-41)46-37(24)31-21-29(45-3)13-16-32(31)40(36(37)43)23-25-8-6-10-27(20-25)39-35(42)26-9-7-18-38-22-26/h6,8,10-16,20-21,24,26,33-34,38,41H,7,9,17-19,22-23H2,1-5H3,(H,39,42)/t24-,26?,33+,34-,37+/m1/s1. The SMILES string of the molecule is COc1ccc([Si](C)(C)[C@H]2[C@H](CCO)O[C@@]3(C(=O)N(Cc4cccc(NC(=O)C5CCCNC5)c4)c4ccc(OC)cc43)[C@@H]2C)cc1. The number of nitrogens with zero attached hydrogens (tertiary/aromatic N) is 1. The van der Waals surface area contributed by atoms with E-state index in [1.807, 2.05) is 59.5 Å². The average Bonchev–Trinajstić information content (AvgIpc) is 3.51. The first kappa shape index (κ1) is 33.2. The van der Waals surface area contributed by atoms with Crippen molar-refractivity contribution in [1.29, 1.82) is 0 Å². The van der Waals surface area contributed by atoms with Crippen molar-refractivity contribution in [2.75, 3.05) is 44.1 Å². The molecule has 5 atom stereocenters. The predicted octanol–water partition coefficient (Wildman–Crippen LogP) is 4.79. The van der Waals surface area contributed by atoms with Gasteiger partial charge in [0, 0.05) is 30.3 Å². The minimum absolute atomic E-state index is 0.0146. The lowest BCUT2D eigenvalue weighted by atomic mass is 9.82. The van der Waals surface area contributed by atoms with E-state index in [0.29, 0.717) is 25.3 Å². The van der Waals surface area contributed by atoms with Crippen molar-refractivity contribution in [2.24, 2.45) is 11.8 Å². The van der Waals surface area contributed by atoms with Crippen molar-refractivity contribution in [3.05, 3.63) is 77.9 Å². The van der Waals surface area contributed by atoms with E-state index >= 15 is 0 Å². The minimum atomic E-state index is -2.28. The number of hydrogen-bond acceptors (Lipinski definition) is 7. The van der Waals surface area contributed by atoms with Gasteiger partial charge >= 0.3 is 0 Å². The van der Waals surface area contributed by atoms with Crippen LogP contribution in [0.4, 0.5) is 11.4 Å². The van der Waals surface area contributed by atoms with Crippen LogP contribution in [0, 0.1) is 11.8 Å². The van der Waals surface area contributed by atoms with E-state index in [9.17, 15) is 14.7 Å². The summed E-state index contributed by atoms with van der Waals surface area (Å²) in [6.45, 7) is 8.72. The van der Waals surface area contributed by atoms with Crippen LogP contribution in [0.5, 0.6) is 11.5 Å². The van der Waals surface area contributed by atoms with Crippen LogP contribution in [-0.4, -0.2) is 65.0 Å². The number of hydrogen-bond donors (Lipinski definition) is 3. The molecule has 2 fully saturated rings.